The van der Waals surface area contributed by atoms with Gasteiger partial charge in [-0.25, -0.2) is 0 Å². The van der Waals surface area contributed by atoms with Crippen LogP contribution in [0.5, 0.6) is 0 Å². The Morgan fingerprint density at radius 2 is 1.75 bits per heavy atom. The highest BCUT2D eigenvalue weighted by atomic mass is 16.2. The summed E-state index contributed by atoms with van der Waals surface area (Å²) in [6.45, 7) is 11.9. The molecule has 0 bridgehead atoms. The fourth-order valence-electron chi connectivity index (χ4n) is 5.83. The van der Waals surface area contributed by atoms with E-state index in [0.717, 1.165) is 42.1 Å². The van der Waals surface area contributed by atoms with Gasteiger partial charge in [-0.15, -0.1) is 0 Å². The second-order valence-electron chi connectivity index (χ2n) is 11.2. The summed E-state index contributed by atoms with van der Waals surface area (Å²) in [6, 6.07) is 6.42. The number of primary amides is 1. The van der Waals surface area contributed by atoms with Gasteiger partial charge in [0.1, 0.15) is 0 Å². The number of hydrogen-bond acceptors (Lipinski definition) is 4. The number of nitrogens with two attached hydrogens (primary N) is 1. The van der Waals surface area contributed by atoms with Crippen molar-refractivity contribution in [2.24, 2.45) is 11.7 Å². The van der Waals surface area contributed by atoms with Gasteiger partial charge in [0, 0.05) is 29.2 Å². The molecule has 174 valence electrons. The molecular formula is C25H37N5O2. The summed E-state index contributed by atoms with van der Waals surface area (Å²) in [6.07, 6.45) is 6.07. The van der Waals surface area contributed by atoms with Gasteiger partial charge in [0.15, 0.2) is 0 Å². The van der Waals surface area contributed by atoms with E-state index in [9.17, 15) is 9.59 Å². The molecule has 2 aliphatic rings. The Labute approximate surface area is 190 Å². The van der Waals surface area contributed by atoms with E-state index in [-0.39, 0.29) is 17.1 Å². The van der Waals surface area contributed by atoms with Crippen LogP contribution in [-0.4, -0.2) is 56.1 Å². The van der Waals surface area contributed by atoms with Gasteiger partial charge >= 0.3 is 11.8 Å². The predicted octanol–water partition coefficient (Wildman–Crippen LogP) is 3.65. The molecule has 7 nitrogen and oxygen atoms in total. The van der Waals surface area contributed by atoms with Crippen molar-refractivity contribution in [3.8, 4) is 0 Å². The molecule has 2 fully saturated rings. The van der Waals surface area contributed by atoms with Gasteiger partial charge in [-0.3, -0.25) is 19.2 Å². The molecule has 7 heteroatoms. The molecule has 32 heavy (non-hydrogen) atoms. The number of carbonyl (C=O) groups is 2. The third-order valence-corrected chi connectivity index (χ3v) is 7.88. The molecule has 2 N–H and O–H groups in total. The zero-order chi connectivity index (χ0) is 23.4. The second kappa shape index (κ2) is 7.87. The highest BCUT2D eigenvalue weighted by molar-refractivity contribution is 6.34. The van der Waals surface area contributed by atoms with Gasteiger partial charge in [0.05, 0.1) is 17.6 Å². The van der Waals surface area contributed by atoms with Crippen LogP contribution >= 0.6 is 0 Å². The van der Waals surface area contributed by atoms with E-state index < -0.39 is 11.8 Å². The number of fused-ring (bicyclic) bond motifs is 1. The number of hydrogen-bond donors (Lipinski definition) is 1. The Morgan fingerprint density at radius 1 is 1.09 bits per heavy atom. The van der Waals surface area contributed by atoms with Gasteiger partial charge < -0.3 is 10.6 Å². The summed E-state index contributed by atoms with van der Waals surface area (Å²) in [5.41, 5.74) is 7.51. The Morgan fingerprint density at radius 3 is 2.38 bits per heavy atom. The van der Waals surface area contributed by atoms with Crippen LogP contribution in [0.4, 0.5) is 0 Å². The van der Waals surface area contributed by atoms with Gasteiger partial charge in [-0.2, -0.15) is 5.10 Å². The third-order valence-electron chi connectivity index (χ3n) is 7.88. The fourth-order valence-corrected chi connectivity index (χ4v) is 5.83. The molecule has 2 aromatic rings. The highest BCUT2D eigenvalue weighted by Crippen LogP contribution is 2.42. The lowest BCUT2D eigenvalue weighted by atomic mass is 9.77. The van der Waals surface area contributed by atoms with Crippen LogP contribution in [-0.2, 0) is 9.59 Å². The van der Waals surface area contributed by atoms with Crippen LogP contribution in [0.15, 0.2) is 24.4 Å². The van der Waals surface area contributed by atoms with E-state index >= 15 is 0 Å². The van der Waals surface area contributed by atoms with Crippen LogP contribution in [0.1, 0.15) is 77.9 Å². The molecule has 3 heterocycles. The molecule has 0 unspecified atom stereocenters. The first kappa shape index (κ1) is 22.8. The summed E-state index contributed by atoms with van der Waals surface area (Å²) in [7, 11) is 2.21. The van der Waals surface area contributed by atoms with Gasteiger partial charge in [-0.05, 0) is 84.0 Å². The molecule has 2 saturated heterocycles. The predicted molar refractivity (Wildman–Crippen MR) is 126 cm³/mol. The van der Waals surface area contributed by atoms with Crippen LogP contribution in [0.25, 0.3) is 10.9 Å². The standard InChI is InChI=1S/C25H37N5O2/c1-16-7-10-21(29(14-16)23(32)22(26)31)17-8-9-20-18(11-17)15-30(27-20)19-12-24(2,3)28(6)25(4,5)13-19/h8-9,11,15-16,19,21H,7,10,12-14H2,1-6H3,(H2,26,31)/t16-,21+/m0/s1. The first-order valence-electron chi connectivity index (χ1n) is 11.7. The molecule has 0 saturated carbocycles. The maximum Gasteiger partial charge on any atom is 0.312 e. The molecule has 4 rings (SSSR count). The van der Waals surface area contributed by atoms with E-state index in [4.69, 9.17) is 10.8 Å². The average molecular weight is 440 g/mol. The molecule has 1 aromatic heterocycles. The zero-order valence-electron chi connectivity index (χ0n) is 20.3. The van der Waals surface area contributed by atoms with Crippen molar-refractivity contribution in [1.82, 2.24) is 19.6 Å². The quantitative estimate of drug-likeness (QED) is 0.724. The first-order chi connectivity index (χ1) is 14.9. The smallest absolute Gasteiger partial charge is 0.312 e. The minimum absolute atomic E-state index is 0.0874. The van der Waals surface area contributed by atoms with Crippen LogP contribution in [0.2, 0.25) is 0 Å². The Kier molecular flexibility index (Phi) is 5.60. The van der Waals surface area contributed by atoms with Crippen molar-refractivity contribution >= 4 is 22.7 Å². The molecule has 0 aliphatic carbocycles. The molecule has 0 radical (unpaired) electrons. The van der Waals surface area contributed by atoms with E-state index in [1.54, 1.807) is 4.90 Å². The summed E-state index contributed by atoms with van der Waals surface area (Å²) in [5.74, 6) is -1.12. The van der Waals surface area contributed by atoms with Crippen LogP contribution in [0.3, 0.4) is 0 Å². The van der Waals surface area contributed by atoms with E-state index in [1.807, 2.05) is 12.1 Å². The van der Waals surface area contributed by atoms with Crippen molar-refractivity contribution in [2.45, 2.75) is 83.5 Å². The largest absolute Gasteiger partial charge is 0.361 e. The van der Waals surface area contributed by atoms with Crippen molar-refractivity contribution in [3.05, 3.63) is 30.0 Å². The monoisotopic (exact) mass is 439 g/mol. The molecule has 2 amide bonds. The summed E-state index contributed by atoms with van der Waals surface area (Å²) < 4.78 is 2.14. The van der Waals surface area contributed by atoms with E-state index in [2.05, 4.69) is 63.5 Å². The van der Waals surface area contributed by atoms with E-state index in [0.29, 0.717) is 18.5 Å². The number of carbonyl (C=O) groups excluding carboxylic acids is 2. The minimum atomic E-state index is -0.884. The summed E-state index contributed by atoms with van der Waals surface area (Å²) in [5, 5.41) is 5.99. The SMILES string of the molecule is C[C@H]1CC[C@H](c2ccc3nn(C4CC(C)(C)N(C)C(C)(C)C4)cc3c2)N(C(=O)C(N)=O)C1. The second-order valence-corrected chi connectivity index (χ2v) is 11.2. The van der Waals surface area contributed by atoms with Gasteiger partial charge in [-0.1, -0.05) is 13.0 Å². The van der Waals surface area contributed by atoms with Crippen molar-refractivity contribution in [1.29, 1.82) is 0 Å². The number of nitrogens with zero attached hydrogens (tertiary/aromatic N) is 4. The number of aromatic nitrogens is 2. The topological polar surface area (TPSA) is 84.5 Å². The molecular weight excluding hydrogens is 402 g/mol. The number of likely N-dealkylation sites (tertiary alicyclic amines) is 2. The van der Waals surface area contributed by atoms with Crippen LogP contribution in [0, 0.1) is 5.92 Å². The zero-order valence-corrected chi connectivity index (χ0v) is 20.3. The minimum Gasteiger partial charge on any atom is -0.361 e. The number of amides is 2. The molecule has 0 spiro atoms. The Bertz CT molecular complexity index is 1020. The maximum atomic E-state index is 12.5. The molecule has 2 aliphatic heterocycles. The van der Waals surface area contributed by atoms with Crippen molar-refractivity contribution < 1.29 is 9.59 Å². The lowest BCUT2D eigenvalue weighted by Crippen LogP contribution is -2.58. The summed E-state index contributed by atoms with van der Waals surface area (Å²) >= 11 is 0. The van der Waals surface area contributed by atoms with Gasteiger partial charge in [0.2, 0.25) is 0 Å². The number of piperidine rings is 2. The lowest BCUT2D eigenvalue weighted by Gasteiger charge is -2.53. The third kappa shape index (κ3) is 4.03. The normalized spacial score (nSPS) is 26.4. The number of benzene rings is 1. The average Bonchev–Trinajstić information content (AvgIpc) is 3.14. The van der Waals surface area contributed by atoms with Gasteiger partial charge in [0.25, 0.3) is 0 Å². The summed E-state index contributed by atoms with van der Waals surface area (Å²) in [4.78, 5) is 28.2. The lowest BCUT2D eigenvalue weighted by molar-refractivity contribution is -0.147. The van der Waals surface area contributed by atoms with Crippen molar-refractivity contribution in [3.63, 3.8) is 0 Å². The van der Waals surface area contributed by atoms with E-state index in [1.165, 1.54) is 0 Å². The highest BCUT2D eigenvalue weighted by Gasteiger charge is 2.44. The maximum absolute atomic E-state index is 12.5. The molecule has 1 aromatic carbocycles. The Hall–Kier alpha value is -2.41. The van der Waals surface area contributed by atoms with Crippen LogP contribution < -0.4 is 5.73 Å². The molecule has 2 atom stereocenters. The van der Waals surface area contributed by atoms with Crippen molar-refractivity contribution in [2.75, 3.05) is 13.6 Å². The fraction of sp³-hybridized carbons (Fsp3) is 0.640. The first-order valence-corrected chi connectivity index (χ1v) is 11.7. The Balaban J connectivity index is 1.65. The number of rotatable bonds is 2.